The number of methoxy groups -OCH3 is 2. The van der Waals surface area contributed by atoms with E-state index in [2.05, 4.69) is 4.98 Å². The Bertz CT molecular complexity index is 3620. The van der Waals surface area contributed by atoms with Crippen molar-refractivity contribution in [2.75, 3.05) is 14.2 Å². The highest BCUT2D eigenvalue weighted by Gasteiger charge is 2.52. The van der Waals surface area contributed by atoms with Crippen molar-refractivity contribution in [3.8, 4) is 33.8 Å². The van der Waals surface area contributed by atoms with Crippen LogP contribution in [0.1, 0.15) is 151 Å². The van der Waals surface area contributed by atoms with Gasteiger partial charge in [0.05, 0.1) is 53.5 Å². The number of rotatable bonds is 12. The van der Waals surface area contributed by atoms with Crippen molar-refractivity contribution in [2.24, 2.45) is 0 Å². The number of halogens is 17. The maximum Gasteiger partial charge on any atom is 0.433 e. The Morgan fingerprint density at radius 1 is 0.582 bits per heavy atom. The summed E-state index contributed by atoms with van der Waals surface area (Å²) in [6.45, 7) is 7.76. The molecule has 1 N–H and O–H groups in total. The van der Waals surface area contributed by atoms with Gasteiger partial charge in [0.1, 0.15) is 28.8 Å². The normalized spacial score (nSPS) is 19.9. The van der Waals surface area contributed by atoms with Gasteiger partial charge < -0.3 is 24.4 Å². The molecule has 4 unspecified atom stereocenters. The minimum atomic E-state index is -4.81. The number of pyridine rings is 1. The topological polar surface area (TPSA) is 109 Å². The lowest BCUT2D eigenvalue weighted by atomic mass is 9.89. The fourth-order valence-electron chi connectivity index (χ4n) is 11.5. The molecule has 492 valence electrons. The van der Waals surface area contributed by atoms with Crippen LogP contribution < -0.4 is 9.47 Å². The summed E-state index contributed by atoms with van der Waals surface area (Å²) in [5, 5.41) is 6.60. The van der Waals surface area contributed by atoms with Crippen LogP contribution in [0, 0.1) is 11.6 Å². The highest BCUT2D eigenvalue weighted by molar-refractivity contribution is 8.14. The van der Waals surface area contributed by atoms with Gasteiger partial charge in [-0.25, -0.2) is 8.78 Å². The molecule has 0 radical (unpaired) electrons. The average Bonchev–Trinajstić information content (AvgIpc) is 1.63. The first-order valence-electron chi connectivity index (χ1n) is 28.0. The van der Waals surface area contributed by atoms with Crippen LogP contribution in [0.3, 0.4) is 0 Å². The van der Waals surface area contributed by atoms with Crippen LogP contribution in [0.15, 0.2) is 103 Å². The van der Waals surface area contributed by atoms with E-state index in [-0.39, 0.29) is 66.5 Å². The van der Waals surface area contributed by atoms with E-state index < -0.39 is 116 Å². The number of benzene rings is 5. The molecule has 1 aromatic heterocycles. The first kappa shape index (κ1) is 71.2. The van der Waals surface area contributed by atoms with E-state index in [4.69, 9.17) is 14.6 Å². The number of ether oxygens (including phenoxy) is 2. The standard InChI is InChI=1S/C30H24F7NO4S.C29H25F7N2O2S.C2H3F3.C2H6/c1-42-25-8-2-15(3-9-26(39)40)10-22(25)20-5-4-17(29(32,33)34)14-21(20)23-6-7-24-27(43-28(41)38(23)24)16-11-18(30(35,36)37)13-19(31)12-16;1-14(2)18-12-20(24(40-3)13-21(18)30)17-5-4-16(28(31,32)33)11-19(17)22-6-7-23-26(41-27(39)38(22)23)15-8-9-37-25(10-15)29(34,35)36;1-2(3,4)5;1-2/h2,4-5,8,10-14,23-24,27H,3,6-7,9H2,1H3,(H,39,40);4-5,8-14,22-23,26H,6-7H2,1-3H3;1H3;1-2H3/t23-,24?,27?;22-,23?,26?;;/m00../s1. The summed E-state index contributed by atoms with van der Waals surface area (Å²) in [5.74, 6) is -2.44. The number of nitrogens with zero attached hydrogens (tertiary/aromatic N) is 3. The van der Waals surface area contributed by atoms with Crippen molar-refractivity contribution in [1.82, 2.24) is 14.8 Å². The molecule has 0 bridgehead atoms. The molecule has 5 aromatic carbocycles. The molecular weight excluding hydrogens is 1280 g/mol. The minimum absolute atomic E-state index is 0.0316. The number of fused-ring (bicyclic) bond motifs is 2. The third-order valence-electron chi connectivity index (χ3n) is 15.3. The maximum atomic E-state index is 14.8. The lowest BCUT2D eigenvalue weighted by Crippen LogP contribution is -2.31. The van der Waals surface area contributed by atoms with Crippen LogP contribution in [0.4, 0.5) is 84.2 Å². The minimum Gasteiger partial charge on any atom is -0.496 e. The van der Waals surface area contributed by atoms with Gasteiger partial charge >= 0.3 is 36.9 Å². The molecule has 91 heavy (non-hydrogen) atoms. The number of carboxylic acids is 1. The molecule has 9 nitrogen and oxygen atoms in total. The summed E-state index contributed by atoms with van der Waals surface area (Å²) in [7, 11) is 2.71. The number of aryl methyl sites for hydroxylation is 1. The average molecular weight is 1340 g/mol. The van der Waals surface area contributed by atoms with Crippen molar-refractivity contribution in [2.45, 2.75) is 145 Å². The highest BCUT2D eigenvalue weighted by atomic mass is 32.2. The molecule has 4 aliphatic rings. The van der Waals surface area contributed by atoms with Crippen LogP contribution in [-0.4, -0.2) is 68.8 Å². The Morgan fingerprint density at radius 2 is 1.07 bits per heavy atom. The number of carbonyl (C=O) groups is 3. The lowest BCUT2D eigenvalue weighted by Gasteiger charge is -2.28. The Labute approximate surface area is 519 Å². The van der Waals surface area contributed by atoms with Crippen LogP contribution >= 0.6 is 23.5 Å². The number of alkyl halides is 15. The predicted molar refractivity (Wildman–Crippen MR) is 307 cm³/mol. The molecule has 5 heterocycles. The zero-order valence-corrected chi connectivity index (χ0v) is 50.8. The molecular formula is C63H58F17N3O6S2. The van der Waals surface area contributed by atoms with Gasteiger partial charge in [-0.3, -0.25) is 19.4 Å². The molecule has 2 amide bonds. The van der Waals surface area contributed by atoms with Gasteiger partial charge in [0.15, 0.2) is 0 Å². The summed E-state index contributed by atoms with van der Waals surface area (Å²) in [5.41, 5.74) is -1.12. The second-order valence-electron chi connectivity index (χ2n) is 21.5. The number of aromatic nitrogens is 1. The Morgan fingerprint density at radius 3 is 1.52 bits per heavy atom. The summed E-state index contributed by atoms with van der Waals surface area (Å²) >= 11 is 1.57. The Kier molecular flexibility index (Phi) is 21.9. The number of hydrogen-bond donors (Lipinski definition) is 1. The second-order valence-corrected chi connectivity index (χ2v) is 23.7. The molecule has 28 heteroatoms. The molecule has 0 saturated carbocycles. The zero-order valence-electron chi connectivity index (χ0n) is 49.2. The van der Waals surface area contributed by atoms with Gasteiger partial charge in [0.2, 0.25) is 0 Å². The van der Waals surface area contributed by atoms with Crippen LogP contribution in [-0.2, 0) is 35.9 Å². The molecule has 4 saturated heterocycles. The van der Waals surface area contributed by atoms with Crippen LogP contribution in [0.2, 0.25) is 0 Å². The molecule has 6 atom stereocenters. The van der Waals surface area contributed by atoms with Gasteiger partial charge in [-0.05, 0) is 155 Å². The number of carbonyl (C=O) groups excluding carboxylic acids is 2. The van der Waals surface area contributed by atoms with E-state index in [1.54, 1.807) is 38.1 Å². The number of aliphatic carboxylic acids is 1. The van der Waals surface area contributed by atoms with Gasteiger partial charge in [0.25, 0.3) is 10.5 Å². The van der Waals surface area contributed by atoms with Gasteiger partial charge in [-0.15, -0.1) is 0 Å². The number of hydrogen-bond acceptors (Lipinski definition) is 8. The van der Waals surface area contributed by atoms with Crippen LogP contribution in [0.25, 0.3) is 22.3 Å². The molecule has 4 fully saturated rings. The molecule has 0 spiro atoms. The van der Waals surface area contributed by atoms with E-state index in [1.165, 1.54) is 48.3 Å². The largest absolute Gasteiger partial charge is 0.496 e. The predicted octanol–water partition coefficient (Wildman–Crippen LogP) is 20.4. The van der Waals surface area contributed by atoms with E-state index in [9.17, 15) is 89.0 Å². The van der Waals surface area contributed by atoms with Gasteiger partial charge in [-0.1, -0.05) is 69.4 Å². The summed E-state index contributed by atoms with van der Waals surface area (Å²) in [6, 6.07) is 15.6. The van der Waals surface area contributed by atoms with Crippen molar-refractivity contribution >= 4 is 40.0 Å². The van der Waals surface area contributed by atoms with Crippen molar-refractivity contribution in [1.29, 1.82) is 0 Å². The third-order valence-corrected chi connectivity index (χ3v) is 17.8. The van der Waals surface area contributed by atoms with Crippen LogP contribution in [0.5, 0.6) is 11.5 Å². The number of carboxylic acid groups (broad SMARTS) is 1. The third kappa shape index (κ3) is 16.5. The SMILES string of the molecule is CC.CC(F)(F)F.COc1cc(F)c(C(C)C)cc1-c1ccc(C(F)(F)F)cc1[C@@H]1CCC2C(c3ccnc(C(F)(F)F)c3)SC(=O)N21.COc1ccc(CCC(=O)O)cc1-c1ccc(C(F)(F)F)cc1[C@@H]1CCC2C(c3cc(F)cc(C(F)(F)F)c3)SC(=O)N21. The summed E-state index contributed by atoms with van der Waals surface area (Å²) < 4.78 is 234. The van der Waals surface area contributed by atoms with Crippen molar-refractivity contribution in [3.63, 3.8) is 0 Å². The monoisotopic (exact) mass is 1340 g/mol. The van der Waals surface area contributed by atoms with Gasteiger partial charge in [0, 0.05) is 48.8 Å². The van der Waals surface area contributed by atoms with E-state index in [0.29, 0.717) is 58.0 Å². The van der Waals surface area contributed by atoms with Gasteiger partial charge in [-0.2, -0.15) is 65.9 Å². The fraction of sp³-hybridized carbons (Fsp3) is 0.397. The van der Waals surface area contributed by atoms with Crippen molar-refractivity contribution in [3.05, 3.63) is 171 Å². The smallest absolute Gasteiger partial charge is 0.433 e. The maximum absolute atomic E-state index is 14.8. The number of thioether (sulfide) groups is 2. The summed E-state index contributed by atoms with van der Waals surface area (Å²) in [6.07, 6.45) is -20.7. The Balaban J connectivity index is 0.000000235. The first-order chi connectivity index (χ1) is 42.4. The van der Waals surface area contributed by atoms with E-state index >= 15 is 0 Å². The fourth-order valence-corrected chi connectivity index (χ4v) is 14.1. The second kappa shape index (κ2) is 27.9. The van der Waals surface area contributed by atoms with Crippen molar-refractivity contribution < 1.29 is 104 Å². The Hall–Kier alpha value is -7.23. The zero-order chi connectivity index (χ0) is 67.6. The van der Waals surface area contributed by atoms with E-state index in [1.807, 2.05) is 13.8 Å². The molecule has 10 rings (SSSR count). The first-order valence-corrected chi connectivity index (χ1v) is 29.8. The molecule has 4 aliphatic heterocycles. The quantitative estimate of drug-likeness (QED) is 0.120. The molecule has 6 aromatic rings. The number of amides is 2. The highest BCUT2D eigenvalue weighted by Crippen LogP contribution is 2.58. The van der Waals surface area contributed by atoms with E-state index in [0.717, 1.165) is 72.2 Å². The summed E-state index contributed by atoms with van der Waals surface area (Å²) in [4.78, 5) is 44.0. The molecule has 0 aliphatic carbocycles. The lowest BCUT2D eigenvalue weighted by molar-refractivity contribution is -0.141.